The molecule has 2 aromatic carbocycles. The summed E-state index contributed by atoms with van der Waals surface area (Å²) in [6.45, 7) is 0.462. The Bertz CT molecular complexity index is 1110. The molecule has 3 aromatic rings. The number of likely N-dealkylation sites (N-methyl/N-ethyl adjacent to an activating group) is 1. The minimum Gasteiger partial charge on any atom is -0.496 e. The van der Waals surface area contributed by atoms with Gasteiger partial charge in [0, 0.05) is 19.0 Å². The van der Waals surface area contributed by atoms with Crippen molar-refractivity contribution < 1.29 is 13.2 Å². The van der Waals surface area contributed by atoms with Crippen LogP contribution < -0.4 is 4.74 Å². The number of rotatable bonds is 7. The molecule has 4 rings (SSSR count). The molecule has 0 fully saturated rings. The average Bonchev–Trinajstić information content (AvgIpc) is 3.19. The molecule has 1 atom stereocenters. The van der Waals surface area contributed by atoms with Crippen molar-refractivity contribution in [2.45, 2.75) is 31.6 Å². The third kappa shape index (κ3) is 4.16. The van der Waals surface area contributed by atoms with Gasteiger partial charge in [0.05, 0.1) is 24.6 Å². The van der Waals surface area contributed by atoms with Crippen LogP contribution in [0.25, 0.3) is 10.9 Å². The van der Waals surface area contributed by atoms with Gasteiger partial charge in [0.25, 0.3) is 0 Å². The zero-order chi connectivity index (χ0) is 20.4. The standard InChI is InChI=1S/C22H27N3O3S/c1-25(12-11-16-9-10-21-18(13-16)14-23-24-21)29(26,27)15-17-5-3-7-20-19(17)6-4-8-22(20)28-2/h4,6,8-10,13-14,17H,3,5,7,11-12,15H2,1-2H3,(H,23,24). The molecule has 1 heterocycles. The van der Waals surface area contributed by atoms with Gasteiger partial charge in [-0.25, -0.2) is 12.7 Å². The molecule has 1 N–H and O–H groups in total. The highest BCUT2D eigenvalue weighted by Crippen LogP contribution is 2.37. The second kappa shape index (κ2) is 8.16. The third-order valence-corrected chi connectivity index (χ3v) is 7.87. The minimum atomic E-state index is -3.35. The molecule has 29 heavy (non-hydrogen) atoms. The second-order valence-corrected chi connectivity index (χ2v) is 9.88. The topological polar surface area (TPSA) is 75.3 Å². The van der Waals surface area contributed by atoms with E-state index in [0.29, 0.717) is 13.0 Å². The van der Waals surface area contributed by atoms with E-state index in [-0.39, 0.29) is 11.7 Å². The highest BCUT2D eigenvalue weighted by atomic mass is 32.2. The number of nitrogens with zero attached hydrogens (tertiary/aromatic N) is 2. The first-order chi connectivity index (χ1) is 14.0. The average molecular weight is 414 g/mol. The Hall–Kier alpha value is -2.38. The van der Waals surface area contributed by atoms with E-state index in [9.17, 15) is 8.42 Å². The molecule has 7 heteroatoms. The van der Waals surface area contributed by atoms with Gasteiger partial charge in [-0.15, -0.1) is 0 Å². The van der Waals surface area contributed by atoms with Gasteiger partial charge in [-0.1, -0.05) is 18.2 Å². The first-order valence-electron chi connectivity index (χ1n) is 10.00. The van der Waals surface area contributed by atoms with Crippen LogP contribution in [0.4, 0.5) is 0 Å². The molecule has 1 unspecified atom stereocenters. The first-order valence-corrected chi connectivity index (χ1v) is 11.6. The lowest BCUT2D eigenvalue weighted by molar-refractivity contribution is 0.403. The number of benzene rings is 2. The van der Waals surface area contributed by atoms with Crippen molar-refractivity contribution in [3.63, 3.8) is 0 Å². The van der Waals surface area contributed by atoms with Gasteiger partial charge in [0.1, 0.15) is 5.75 Å². The molecule has 1 aliphatic rings. The van der Waals surface area contributed by atoms with Gasteiger partial charge in [-0.05, 0) is 66.5 Å². The summed E-state index contributed by atoms with van der Waals surface area (Å²) in [6, 6.07) is 12.0. The fourth-order valence-corrected chi connectivity index (χ4v) is 5.71. The summed E-state index contributed by atoms with van der Waals surface area (Å²) in [4.78, 5) is 0. The number of hydrogen-bond acceptors (Lipinski definition) is 4. The zero-order valence-electron chi connectivity index (χ0n) is 16.9. The molecular formula is C22H27N3O3S. The van der Waals surface area contributed by atoms with E-state index < -0.39 is 10.0 Å². The van der Waals surface area contributed by atoms with Gasteiger partial charge in [0.2, 0.25) is 10.0 Å². The SMILES string of the molecule is COc1cccc2c1CCCC2CS(=O)(=O)N(C)CCc1ccc2[nH]ncc2c1. The summed E-state index contributed by atoms with van der Waals surface area (Å²) >= 11 is 0. The quantitative estimate of drug-likeness (QED) is 0.643. The fourth-order valence-electron chi connectivity index (χ4n) is 4.23. The third-order valence-electron chi connectivity index (χ3n) is 5.92. The Kier molecular flexibility index (Phi) is 5.61. The van der Waals surface area contributed by atoms with Crippen molar-refractivity contribution in [1.29, 1.82) is 0 Å². The van der Waals surface area contributed by atoms with Gasteiger partial charge < -0.3 is 4.74 Å². The van der Waals surface area contributed by atoms with Crippen molar-refractivity contribution in [3.05, 3.63) is 59.3 Å². The van der Waals surface area contributed by atoms with E-state index >= 15 is 0 Å². The Morgan fingerprint density at radius 3 is 2.97 bits per heavy atom. The molecule has 0 saturated carbocycles. The second-order valence-electron chi connectivity index (χ2n) is 7.76. The van der Waals surface area contributed by atoms with Crippen LogP contribution in [0, 0.1) is 0 Å². The van der Waals surface area contributed by atoms with E-state index in [2.05, 4.69) is 22.3 Å². The predicted octanol–water partition coefficient (Wildman–Crippen LogP) is 3.50. The molecule has 1 aliphatic carbocycles. The minimum absolute atomic E-state index is 0.0172. The van der Waals surface area contributed by atoms with E-state index in [4.69, 9.17) is 4.74 Å². The van der Waals surface area contributed by atoms with Crippen LogP contribution in [0.15, 0.2) is 42.6 Å². The van der Waals surface area contributed by atoms with Crippen LogP contribution >= 0.6 is 0 Å². The van der Waals surface area contributed by atoms with Crippen molar-refractivity contribution >= 4 is 20.9 Å². The normalized spacial score (nSPS) is 16.9. The molecule has 0 radical (unpaired) electrons. The number of ether oxygens (including phenoxy) is 1. The molecule has 0 bridgehead atoms. The van der Waals surface area contributed by atoms with E-state index in [1.54, 1.807) is 20.4 Å². The molecule has 0 spiro atoms. The van der Waals surface area contributed by atoms with Crippen molar-refractivity contribution in [2.75, 3.05) is 26.5 Å². The van der Waals surface area contributed by atoms with Crippen LogP contribution in [0.2, 0.25) is 0 Å². The largest absolute Gasteiger partial charge is 0.496 e. The van der Waals surface area contributed by atoms with Crippen LogP contribution in [-0.4, -0.2) is 49.4 Å². The maximum Gasteiger partial charge on any atom is 0.214 e. The lowest BCUT2D eigenvalue weighted by Crippen LogP contribution is -2.34. The summed E-state index contributed by atoms with van der Waals surface area (Å²) in [5.74, 6) is 1.03. The highest BCUT2D eigenvalue weighted by molar-refractivity contribution is 7.89. The summed E-state index contributed by atoms with van der Waals surface area (Å²) < 4.78 is 33.1. The monoisotopic (exact) mass is 413 g/mol. The van der Waals surface area contributed by atoms with Crippen molar-refractivity contribution in [2.24, 2.45) is 0 Å². The number of aromatic nitrogens is 2. The van der Waals surface area contributed by atoms with Gasteiger partial charge in [0.15, 0.2) is 0 Å². The maximum absolute atomic E-state index is 13.0. The highest BCUT2D eigenvalue weighted by Gasteiger charge is 2.29. The molecule has 6 nitrogen and oxygen atoms in total. The van der Waals surface area contributed by atoms with Gasteiger partial charge >= 0.3 is 0 Å². The Labute approximate surface area is 171 Å². The number of hydrogen-bond donors (Lipinski definition) is 1. The number of sulfonamides is 1. The van der Waals surface area contributed by atoms with Crippen LogP contribution in [0.1, 0.15) is 35.4 Å². The maximum atomic E-state index is 13.0. The molecule has 0 saturated heterocycles. The number of H-pyrrole nitrogens is 1. The summed E-state index contributed by atoms with van der Waals surface area (Å²) in [5, 5.41) is 8.01. The number of aromatic amines is 1. The Morgan fingerprint density at radius 2 is 2.14 bits per heavy atom. The lowest BCUT2D eigenvalue weighted by Gasteiger charge is -2.28. The van der Waals surface area contributed by atoms with E-state index in [1.165, 1.54) is 4.31 Å². The molecular weight excluding hydrogens is 386 g/mol. The summed E-state index contributed by atoms with van der Waals surface area (Å²) in [7, 11) is 0.00283. The summed E-state index contributed by atoms with van der Waals surface area (Å²) in [6.07, 6.45) is 5.29. The zero-order valence-corrected chi connectivity index (χ0v) is 17.7. The molecule has 0 amide bonds. The fraction of sp³-hybridized carbons (Fsp3) is 0.409. The Balaban J connectivity index is 1.44. The number of methoxy groups -OCH3 is 1. The number of fused-ring (bicyclic) bond motifs is 2. The Morgan fingerprint density at radius 1 is 1.28 bits per heavy atom. The van der Waals surface area contributed by atoms with Crippen LogP contribution in [0.3, 0.4) is 0 Å². The van der Waals surface area contributed by atoms with Crippen LogP contribution in [-0.2, 0) is 22.9 Å². The molecule has 1 aromatic heterocycles. The van der Waals surface area contributed by atoms with Gasteiger partial charge in [-0.3, -0.25) is 5.10 Å². The smallest absolute Gasteiger partial charge is 0.214 e. The van der Waals surface area contributed by atoms with E-state index in [0.717, 1.165) is 52.6 Å². The molecule has 154 valence electrons. The van der Waals surface area contributed by atoms with Gasteiger partial charge in [-0.2, -0.15) is 5.10 Å². The van der Waals surface area contributed by atoms with Crippen LogP contribution in [0.5, 0.6) is 5.75 Å². The predicted molar refractivity (Wildman–Crippen MR) is 115 cm³/mol. The lowest BCUT2D eigenvalue weighted by atomic mass is 9.83. The molecule has 0 aliphatic heterocycles. The first kappa shape index (κ1) is 19.9. The van der Waals surface area contributed by atoms with Crippen molar-refractivity contribution in [1.82, 2.24) is 14.5 Å². The van der Waals surface area contributed by atoms with Crippen molar-refractivity contribution in [3.8, 4) is 5.75 Å². The van der Waals surface area contributed by atoms with E-state index in [1.807, 2.05) is 24.3 Å². The number of nitrogens with one attached hydrogen (secondary N) is 1. The summed E-state index contributed by atoms with van der Waals surface area (Å²) in [5.41, 5.74) is 4.38.